The van der Waals surface area contributed by atoms with E-state index in [-0.39, 0.29) is 20.1 Å². The van der Waals surface area contributed by atoms with Gasteiger partial charge in [-0.1, -0.05) is 81.1 Å². The van der Waals surface area contributed by atoms with Crippen LogP contribution >= 0.6 is 0 Å². The van der Waals surface area contributed by atoms with Crippen molar-refractivity contribution in [2.75, 3.05) is 0 Å². The van der Waals surface area contributed by atoms with E-state index >= 15 is 0 Å². The molecule has 0 amide bonds. The van der Waals surface area contributed by atoms with Gasteiger partial charge in [0.2, 0.25) is 0 Å². The van der Waals surface area contributed by atoms with E-state index < -0.39 is 0 Å². The van der Waals surface area contributed by atoms with Crippen LogP contribution in [-0.2, 0) is 20.1 Å². The molecule has 0 aliphatic carbocycles. The molecule has 217 valence electrons. The first-order chi connectivity index (χ1) is 20.5. The Morgan fingerprint density at radius 3 is 2.19 bits per heavy atom. The molecule has 0 aliphatic heterocycles. The molecule has 3 aromatic heterocycles. The van der Waals surface area contributed by atoms with Crippen molar-refractivity contribution in [1.29, 1.82) is 0 Å². The molecule has 0 saturated heterocycles. The number of imidazole rings is 1. The van der Waals surface area contributed by atoms with E-state index in [2.05, 4.69) is 95.9 Å². The second-order valence-corrected chi connectivity index (χ2v) is 10.8. The molecule has 0 bridgehead atoms. The van der Waals surface area contributed by atoms with Gasteiger partial charge in [-0.25, -0.2) is 4.98 Å². The summed E-state index contributed by atoms with van der Waals surface area (Å²) in [7, 11) is 0. The average molecular weight is 741 g/mol. The van der Waals surface area contributed by atoms with Crippen LogP contribution in [0.4, 0.5) is 0 Å². The molecule has 0 unspecified atom stereocenters. The summed E-state index contributed by atoms with van der Waals surface area (Å²) in [5.41, 5.74) is 8.39. The largest absolute Gasteiger partial charge is 0.501 e. The van der Waals surface area contributed by atoms with Gasteiger partial charge in [0.05, 0.1) is 11.4 Å². The number of furan rings is 1. The summed E-state index contributed by atoms with van der Waals surface area (Å²) >= 11 is 0. The summed E-state index contributed by atoms with van der Waals surface area (Å²) in [6.45, 7) is 8.98. The van der Waals surface area contributed by atoms with Gasteiger partial charge in [0, 0.05) is 49.8 Å². The van der Waals surface area contributed by atoms with Crippen LogP contribution in [0.2, 0.25) is 0 Å². The molecule has 4 aromatic carbocycles. The molecule has 43 heavy (non-hydrogen) atoms. The van der Waals surface area contributed by atoms with Gasteiger partial charge in [-0.05, 0) is 34.7 Å². The van der Waals surface area contributed by atoms with Crippen molar-refractivity contribution in [1.82, 2.24) is 19.5 Å². The third-order valence-corrected chi connectivity index (χ3v) is 7.35. The summed E-state index contributed by atoms with van der Waals surface area (Å²) in [4.78, 5) is 12.8. The molecular weight excluding hydrogens is 709 g/mol. The van der Waals surface area contributed by atoms with Gasteiger partial charge in [-0.15, -0.1) is 54.1 Å². The Hall–Kier alpha value is -4.38. The van der Waals surface area contributed by atoms with Crippen molar-refractivity contribution in [3.63, 3.8) is 0 Å². The molecule has 3 heterocycles. The van der Waals surface area contributed by atoms with Gasteiger partial charge in [0.1, 0.15) is 11.9 Å². The average Bonchev–Trinajstić information content (AvgIpc) is 3.67. The SMILES string of the molecule is CC(C)c1cccc(C(C)C)c1-n1ccnc1-c1[c-]cccc1.[Ir].[c-]1ccc2c(oc3ccccc32)c1-c1ccncn1. The molecule has 0 fully saturated rings. The molecular formula is C37H32IrN4O-2. The minimum atomic E-state index is 0. The summed E-state index contributed by atoms with van der Waals surface area (Å²) in [5, 5.41) is 2.20. The maximum atomic E-state index is 5.95. The molecule has 0 saturated carbocycles. The second-order valence-electron chi connectivity index (χ2n) is 10.8. The standard InChI is InChI=1S/C21H23N2.C16H9N2O.Ir/c1-15(2)18-11-8-12-19(16(3)4)20(18)23-14-13-22-21(23)17-9-6-5-7-10-17;1-2-7-15-11(4-1)12-5-3-6-13(16(12)19-15)14-8-9-17-10-18-14;/h5-9,11-16H,1-4H3;1-5,7-10H;/q2*-1;. The van der Waals surface area contributed by atoms with E-state index in [4.69, 9.17) is 4.42 Å². The van der Waals surface area contributed by atoms with E-state index in [1.165, 1.54) is 23.1 Å². The number of aromatic nitrogens is 4. The fourth-order valence-electron chi connectivity index (χ4n) is 5.32. The molecule has 1 radical (unpaired) electrons. The van der Waals surface area contributed by atoms with Gasteiger partial charge in [0.15, 0.2) is 0 Å². The van der Waals surface area contributed by atoms with Crippen LogP contribution in [0.1, 0.15) is 50.7 Å². The summed E-state index contributed by atoms with van der Waals surface area (Å²) in [5.74, 6) is 1.86. The predicted octanol–water partition coefficient (Wildman–Crippen LogP) is 9.43. The monoisotopic (exact) mass is 741 g/mol. The Labute approximate surface area is 266 Å². The van der Waals surface area contributed by atoms with Crippen LogP contribution in [0.15, 0.2) is 114 Å². The molecule has 0 N–H and O–H groups in total. The minimum Gasteiger partial charge on any atom is -0.501 e. The zero-order chi connectivity index (χ0) is 29.1. The molecule has 7 aromatic rings. The summed E-state index contributed by atoms with van der Waals surface area (Å²) in [6.07, 6.45) is 7.18. The fourth-order valence-corrected chi connectivity index (χ4v) is 5.32. The van der Waals surface area contributed by atoms with E-state index in [1.54, 1.807) is 6.20 Å². The number of rotatable bonds is 5. The van der Waals surface area contributed by atoms with Gasteiger partial charge >= 0.3 is 0 Å². The first-order valence-corrected chi connectivity index (χ1v) is 14.2. The van der Waals surface area contributed by atoms with Gasteiger partial charge in [-0.3, -0.25) is 9.97 Å². The van der Waals surface area contributed by atoms with Gasteiger partial charge < -0.3 is 8.98 Å². The van der Waals surface area contributed by atoms with Crippen molar-refractivity contribution < 1.29 is 24.5 Å². The molecule has 0 atom stereocenters. The number of fused-ring (bicyclic) bond motifs is 3. The third kappa shape index (κ3) is 6.08. The Balaban J connectivity index is 0.000000170. The van der Waals surface area contributed by atoms with Crippen LogP contribution in [0.25, 0.3) is 50.3 Å². The Bertz CT molecular complexity index is 1920. The van der Waals surface area contributed by atoms with E-state index in [0.717, 1.165) is 44.6 Å². The molecule has 5 nitrogen and oxygen atoms in total. The second kappa shape index (κ2) is 13.3. The van der Waals surface area contributed by atoms with Crippen LogP contribution in [0, 0.1) is 12.1 Å². The maximum absolute atomic E-state index is 5.95. The van der Waals surface area contributed by atoms with Crippen molar-refractivity contribution in [3.8, 4) is 28.3 Å². The maximum Gasteiger partial charge on any atom is 0.120 e. The Morgan fingerprint density at radius 1 is 0.721 bits per heavy atom. The number of hydrogen-bond acceptors (Lipinski definition) is 4. The zero-order valence-electron chi connectivity index (χ0n) is 24.6. The Kier molecular flexibility index (Phi) is 9.30. The number of para-hydroxylation sites is 2. The first-order valence-electron chi connectivity index (χ1n) is 14.2. The molecule has 0 spiro atoms. The predicted molar refractivity (Wildman–Crippen MR) is 170 cm³/mol. The van der Waals surface area contributed by atoms with Crippen molar-refractivity contribution in [3.05, 3.63) is 133 Å². The minimum absolute atomic E-state index is 0. The van der Waals surface area contributed by atoms with Gasteiger partial charge in [0.25, 0.3) is 0 Å². The fraction of sp³-hybridized carbons (Fsp3) is 0.162. The molecule has 7 rings (SSSR count). The van der Waals surface area contributed by atoms with E-state index in [1.807, 2.05) is 60.8 Å². The van der Waals surface area contributed by atoms with Crippen molar-refractivity contribution in [2.24, 2.45) is 0 Å². The molecule has 0 aliphatic rings. The first kappa shape index (κ1) is 30.1. The van der Waals surface area contributed by atoms with Crippen LogP contribution in [-0.4, -0.2) is 19.5 Å². The van der Waals surface area contributed by atoms with E-state index in [0.29, 0.717) is 11.8 Å². The third-order valence-electron chi connectivity index (χ3n) is 7.35. The number of benzene rings is 4. The van der Waals surface area contributed by atoms with Crippen LogP contribution in [0.3, 0.4) is 0 Å². The normalized spacial score (nSPS) is 11.0. The smallest absolute Gasteiger partial charge is 0.120 e. The number of hydrogen-bond donors (Lipinski definition) is 0. The Morgan fingerprint density at radius 2 is 1.49 bits per heavy atom. The zero-order valence-corrected chi connectivity index (χ0v) is 27.0. The number of nitrogens with zero attached hydrogens (tertiary/aromatic N) is 4. The summed E-state index contributed by atoms with van der Waals surface area (Å²) in [6, 6.07) is 34.9. The van der Waals surface area contributed by atoms with Crippen LogP contribution in [0.5, 0.6) is 0 Å². The van der Waals surface area contributed by atoms with Gasteiger partial charge in [-0.2, -0.15) is 0 Å². The summed E-state index contributed by atoms with van der Waals surface area (Å²) < 4.78 is 8.17. The van der Waals surface area contributed by atoms with Crippen LogP contribution < -0.4 is 0 Å². The quantitative estimate of drug-likeness (QED) is 0.165. The van der Waals surface area contributed by atoms with E-state index in [9.17, 15) is 0 Å². The topological polar surface area (TPSA) is 56.7 Å². The van der Waals surface area contributed by atoms with Crippen molar-refractivity contribution in [2.45, 2.75) is 39.5 Å². The molecule has 6 heteroatoms. The van der Waals surface area contributed by atoms with Crippen molar-refractivity contribution >= 4 is 21.9 Å².